The Morgan fingerprint density at radius 1 is 1.22 bits per heavy atom. The average Bonchev–Trinajstić information content (AvgIpc) is 2.68. The summed E-state index contributed by atoms with van der Waals surface area (Å²) < 4.78 is 35.6. The number of hydrogen-bond donors (Lipinski definition) is 1. The first-order valence-corrected chi connectivity index (χ1v) is 8.37. The van der Waals surface area contributed by atoms with Gasteiger partial charge < -0.3 is 9.87 Å². The van der Waals surface area contributed by atoms with Crippen molar-refractivity contribution < 1.29 is 42.5 Å². The van der Waals surface area contributed by atoms with E-state index in [1.54, 1.807) is 23.7 Å². The van der Waals surface area contributed by atoms with Gasteiger partial charge in [0.15, 0.2) is 0 Å². The molecule has 0 unspecified atom stereocenters. The molecule has 0 spiro atoms. The molecule has 0 saturated heterocycles. The minimum Gasteiger partial charge on any atom is -0.747 e. The second-order valence-corrected chi connectivity index (χ2v) is 6.63. The fraction of sp³-hybridized carbons (Fsp3) is 0.357. The Bertz CT molecular complexity index is 826. The smallest absolute Gasteiger partial charge is 0.747 e. The van der Waals surface area contributed by atoms with Crippen molar-refractivity contribution in [2.24, 2.45) is 0 Å². The Balaban J connectivity index is 0.00000264. The van der Waals surface area contributed by atoms with Crippen molar-refractivity contribution in [3.8, 4) is 5.69 Å². The van der Waals surface area contributed by atoms with Crippen LogP contribution in [0.15, 0.2) is 35.1 Å². The molecule has 1 N–H and O–H groups in total. The first-order valence-electron chi connectivity index (χ1n) is 6.79. The summed E-state index contributed by atoms with van der Waals surface area (Å²) in [7, 11) is -4.46. The number of nitrogens with zero attached hydrogens (tertiary/aromatic N) is 2. The first kappa shape index (κ1) is 20.0. The van der Waals surface area contributed by atoms with Crippen molar-refractivity contribution in [1.82, 2.24) is 9.36 Å². The van der Waals surface area contributed by atoms with Crippen LogP contribution >= 0.6 is 0 Å². The summed E-state index contributed by atoms with van der Waals surface area (Å²) >= 11 is 0. The number of benzene rings is 1. The molecule has 1 aromatic heterocycles. The quantitative estimate of drug-likeness (QED) is 0.522. The van der Waals surface area contributed by atoms with Gasteiger partial charge in [0.2, 0.25) is 0 Å². The van der Waals surface area contributed by atoms with Crippen molar-refractivity contribution in [2.45, 2.75) is 26.8 Å². The van der Waals surface area contributed by atoms with Gasteiger partial charge in [-0.25, -0.2) is 13.1 Å². The molecule has 0 bridgehead atoms. The Labute approximate surface area is 157 Å². The Kier molecular flexibility index (Phi) is 6.67. The maximum atomic E-state index is 12.6. The molecule has 23 heavy (non-hydrogen) atoms. The van der Waals surface area contributed by atoms with Gasteiger partial charge in [0.25, 0.3) is 5.56 Å². The fourth-order valence-corrected chi connectivity index (χ4v) is 2.74. The van der Waals surface area contributed by atoms with Gasteiger partial charge in [-0.2, -0.15) is 0 Å². The van der Waals surface area contributed by atoms with Crippen molar-refractivity contribution in [2.75, 3.05) is 11.2 Å². The predicted molar refractivity (Wildman–Crippen MR) is 83.3 cm³/mol. The monoisotopic (exact) mass is 347 g/mol. The standard InChI is InChI=1S/C14H19N3O4S.Na/c1-10(2)16-11(3)13(15-9-22(19,20)21)14(18)17(16)12-7-5-4-6-8-12;/h4-8,10,15H,9H2,1-3H3,(H,19,20,21);/q;+1/p-1. The molecule has 0 aliphatic carbocycles. The second-order valence-electron chi connectivity index (χ2n) is 5.23. The van der Waals surface area contributed by atoms with Crippen LogP contribution in [0.1, 0.15) is 25.6 Å². The van der Waals surface area contributed by atoms with Crippen LogP contribution in [-0.2, 0) is 10.1 Å². The molecule has 0 fully saturated rings. The van der Waals surface area contributed by atoms with E-state index in [-0.39, 0.29) is 46.8 Å². The van der Waals surface area contributed by atoms with E-state index in [0.29, 0.717) is 11.4 Å². The average molecular weight is 347 g/mol. The molecule has 0 aliphatic heterocycles. The summed E-state index contributed by atoms with van der Waals surface area (Å²) in [6.45, 7) is 5.54. The minimum atomic E-state index is -4.46. The van der Waals surface area contributed by atoms with Crippen LogP contribution in [0, 0.1) is 6.92 Å². The number of hydrogen-bond acceptors (Lipinski definition) is 5. The van der Waals surface area contributed by atoms with E-state index in [4.69, 9.17) is 0 Å². The summed E-state index contributed by atoms with van der Waals surface area (Å²) in [4.78, 5) is 12.6. The van der Waals surface area contributed by atoms with Crippen LogP contribution in [0.5, 0.6) is 0 Å². The van der Waals surface area contributed by atoms with E-state index in [0.717, 1.165) is 0 Å². The summed E-state index contributed by atoms with van der Waals surface area (Å²) in [5.74, 6) is -0.819. The van der Waals surface area contributed by atoms with Gasteiger partial charge >= 0.3 is 29.6 Å². The molecule has 1 heterocycles. The van der Waals surface area contributed by atoms with Crippen LogP contribution in [0.4, 0.5) is 5.69 Å². The van der Waals surface area contributed by atoms with E-state index in [2.05, 4.69) is 5.32 Å². The number of rotatable bonds is 5. The molecule has 9 heteroatoms. The zero-order valence-electron chi connectivity index (χ0n) is 13.6. The number of nitrogens with one attached hydrogen (secondary N) is 1. The van der Waals surface area contributed by atoms with Crippen molar-refractivity contribution in [3.63, 3.8) is 0 Å². The maximum Gasteiger partial charge on any atom is 1.00 e. The van der Waals surface area contributed by atoms with Gasteiger partial charge in [-0.05, 0) is 32.9 Å². The number of anilines is 1. The maximum absolute atomic E-state index is 12.6. The van der Waals surface area contributed by atoms with E-state index in [1.165, 1.54) is 4.68 Å². The molecule has 7 nitrogen and oxygen atoms in total. The summed E-state index contributed by atoms with van der Waals surface area (Å²) in [6.07, 6.45) is 0. The van der Waals surface area contributed by atoms with Gasteiger partial charge in [0, 0.05) is 6.04 Å². The topological polar surface area (TPSA) is 96.2 Å². The van der Waals surface area contributed by atoms with E-state index in [9.17, 15) is 17.8 Å². The molecule has 1 aromatic carbocycles. The zero-order chi connectivity index (χ0) is 16.5. The molecule has 0 radical (unpaired) electrons. The summed E-state index contributed by atoms with van der Waals surface area (Å²) in [5.41, 5.74) is 0.980. The summed E-state index contributed by atoms with van der Waals surface area (Å²) in [6, 6.07) is 9.01. The zero-order valence-corrected chi connectivity index (χ0v) is 16.4. The minimum absolute atomic E-state index is 0. The van der Waals surface area contributed by atoms with Crippen LogP contribution in [0.2, 0.25) is 0 Å². The largest absolute Gasteiger partial charge is 1.00 e. The van der Waals surface area contributed by atoms with E-state index >= 15 is 0 Å². The molecule has 0 amide bonds. The van der Waals surface area contributed by atoms with Gasteiger partial charge in [-0.15, -0.1) is 0 Å². The van der Waals surface area contributed by atoms with E-state index < -0.39 is 16.0 Å². The van der Waals surface area contributed by atoms with Gasteiger partial charge in [-0.3, -0.25) is 9.48 Å². The molecular formula is C14H18N3NaO4S. The normalized spacial score (nSPS) is 11.3. The molecule has 2 rings (SSSR count). The van der Waals surface area contributed by atoms with Crippen LogP contribution in [-0.4, -0.2) is 28.2 Å². The van der Waals surface area contributed by atoms with Crippen LogP contribution in [0.3, 0.4) is 0 Å². The molecule has 2 aromatic rings. The Hall–Kier alpha value is -1.06. The SMILES string of the molecule is Cc1c(NCS(=O)(=O)[O-])c(=O)n(-c2ccccc2)n1C(C)C.[Na+]. The molecular weight excluding hydrogens is 329 g/mol. The number of aromatic nitrogens is 2. The third kappa shape index (κ3) is 4.48. The van der Waals surface area contributed by atoms with Gasteiger partial charge in [0.1, 0.15) is 21.7 Å². The van der Waals surface area contributed by atoms with Gasteiger partial charge in [-0.1, -0.05) is 18.2 Å². The molecule has 0 saturated carbocycles. The second kappa shape index (κ2) is 7.67. The molecule has 0 aliphatic rings. The molecule has 0 atom stereocenters. The third-order valence-corrected chi connectivity index (χ3v) is 3.74. The Morgan fingerprint density at radius 3 is 2.26 bits per heavy atom. The van der Waals surface area contributed by atoms with E-state index in [1.807, 2.05) is 32.0 Å². The number of para-hydroxylation sites is 1. The van der Waals surface area contributed by atoms with Crippen LogP contribution < -0.4 is 40.4 Å². The first-order chi connectivity index (χ1) is 10.2. The third-order valence-electron chi connectivity index (χ3n) is 3.24. The summed E-state index contributed by atoms with van der Waals surface area (Å²) in [5, 5.41) is 2.45. The van der Waals surface area contributed by atoms with Crippen LogP contribution in [0.25, 0.3) is 5.69 Å². The Morgan fingerprint density at radius 2 is 1.78 bits per heavy atom. The van der Waals surface area contributed by atoms with Crippen molar-refractivity contribution in [3.05, 3.63) is 46.4 Å². The predicted octanol–water partition coefficient (Wildman–Crippen LogP) is -1.55. The van der Waals surface area contributed by atoms with Crippen molar-refractivity contribution >= 4 is 15.8 Å². The van der Waals surface area contributed by atoms with Gasteiger partial charge in [0.05, 0.1) is 11.4 Å². The van der Waals surface area contributed by atoms with Crippen molar-refractivity contribution in [1.29, 1.82) is 0 Å². The fourth-order valence-electron chi connectivity index (χ4n) is 2.42. The molecule has 120 valence electrons.